The number of hydrogen-bond acceptors (Lipinski definition) is 2. The third-order valence-corrected chi connectivity index (χ3v) is 3.24. The molecular formula is C17H13N2O. The predicted molar refractivity (Wildman–Crippen MR) is 79.1 cm³/mol. The van der Waals surface area contributed by atoms with Crippen LogP contribution in [0.2, 0.25) is 0 Å². The molecule has 1 radical (unpaired) electrons. The lowest BCUT2D eigenvalue weighted by Crippen LogP contribution is -2.03. The van der Waals surface area contributed by atoms with Crippen molar-refractivity contribution in [1.29, 1.82) is 0 Å². The number of carbonyl (C=O) groups excluding carboxylic acids is 1. The Balaban J connectivity index is 2.18. The SMILES string of the molecule is Cc1cc(C(=O)c2ccc([NH])cc2)c2ccccc2n1. The minimum Gasteiger partial charge on any atom is -0.301 e. The van der Waals surface area contributed by atoms with Crippen molar-refractivity contribution >= 4 is 22.4 Å². The van der Waals surface area contributed by atoms with Crippen LogP contribution in [0.15, 0.2) is 54.6 Å². The molecule has 20 heavy (non-hydrogen) atoms. The molecule has 0 spiro atoms. The maximum absolute atomic E-state index is 12.6. The molecule has 0 saturated carbocycles. The van der Waals surface area contributed by atoms with Crippen LogP contribution in [0.1, 0.15) is 21.6 Å². The quantitative estimate of drug-likeness (QED) is 0.660. The fourth-order valence-corrected chi connectivity index (χ4v) is 2.27. The number of aromatic nitrogens is 1. The number of benzene rings is 2. The average molecular weight is 261 g/mol. The fraction of sp³-hybridized carbons (Fsp3) is 0.0588. The highest BCUT2D eigenvalue weighted by Gasteiger charge is 2.13. The van der Waals surface area contributed by atoms with Gasteiger partial charge in [0.25, 0.3) is 0 Å². The molecule has 0 bridgehead atoms. The van der Waals surface area contributed by atoms with Crippen LogP contribution in [0.3, 0.4) is 0 Å². The van der Waals surface area contributed by atoms with Crippen LogP contribution in [0.5, 0.6) is 0 Å². The zero-order valence-electron chi connectivity index (χ0n) is 11.1. The van der Waals surface area contributed by atoms with Crippen LogP contribution in [-0.4, -0.2) is 10.8 Å². The number of para-hydroxylation sites is 1. The van der Waals surface area contributed by atoms with Gasteiger partial charge in [-0.25, -0.2) is 0 Å². The third-order valence-electron chi connectivity index (χ3n) is 3.24. The second-order valence-electron chi connectivity index (χ2n) is 4.73. The van der Waals surface area contributed by atoms with Crippen molar-refractivity contribution in [2.45, 2.75) is 6.92 Å². The number of pyridine rings is 1. The molecule has 1 aromatic heterocycles. The molecular weight excluding hydrogens is 248 g/mol. The van der Waals surface area contributed by atoms with E-state index >= 15 is 0 Å². The van der Waals surface area contributed by atoms with Crippen LogP contribution in [0.25, 0.3) is 10.9 Å². The maximum Gasteiger partial charge on any atom is 0.193 e. The van der Waals surface area contributed by atoms with Gasteiger partial charge in [0.1, 0.15) is 0 Å². The van der Waals surface area contributed by atoms with Crippen molar-refractivity contribution in [3.63, 3.8) is 0 Å². The number of nitrogens with one attached hydrogen (secondary N) is 1. The average Bonchev–Trinajstić information content (AvgIpc) is 2.46. The first-order valence-electron chi connectivity index (χ1n) is 6.38. The van der Waals surface area contributed by atoms with Gasteiger partial charge in [-0.2, -0.15) is 0 Å². The number of ketones is 1. The minimum atomic E-state index is -0.0355. The highest BCUT2D eigenvalue weighted by atomic mass is 16.1. The number of hydrogen-bond donors (Lipinski definition) is 0. The molecule has 0 aliphatic heterocycles. The van der Waals surface area contributed by atoms with E-state index in [1.807, 2.05) is 37.3 Å². The standard InChI is InChI=1S/C17H13N2O/c1-11-10-15(14-4-2-3-5-16(14)19-11)17(20)12-6-8-13(18)9-7-12/h2-10,18H,1H3. The van der Waals surface area contributed by atoms with Gasteiger partial charge in [0, 0.05) is 22.2 Å². The second-order valence-corrected chi connectivity index (χ2v) is 4.73. The van der Waals surface area contributed by atoms with E-state index in [9.17, 15) is 4.79 Å². The molecule has 0 unspecified atom stereocenters. The minimum absolute atomic E-state index is 0.0355. The highest BCUT2D eigenvalue weighted by molar-refractivity contribution is 6.16. The predicted octanol–water partition coefficient (Wildman–Crippen LogP) is 3.69. The molecule has 0 amide bonds. The van der Waals surface area contributed by atoms with Crippen molar-refractivity contribution in [1.82, 2.24) is 10.7 Å². The van der Waals surface area contributed by atoms with E-state index < -0.39 is 0 Å². The summed E-state index contributed by atoms with van der Waals surface area (Å²) in [5.74, 6) is -0.0355. The van der Waals surface area contributed by atoms with Crippen LogP contribution < -0.4 is 5.73 Å². The van der Waals surface area contributed by atoms with Gasteiger partial charge < -0.3 is 5.73 Å². The summed E-state index contributed by atoms with van der Waals surface area (Å²) in [5, 5.41) is 0.859. The summed E-state index contributed by atoms with van der Waals surface area (Å²) < 4.78 is 0. The van der Waals surface area contributed by atoms with Gasteiger partial charge in [0.15, 0.2) is 5.78 Å². The monoisotopic (exact) mass is 261 g/mol. The van der Waals surface area contributed by atoms with E-state index in [2.05, 4.69) is 4.98 Å². The Labute approximate surface area is 117 Å². The van der Waals surface area contributed by atoms with Gasteiger partial charge in [-0.1, -0.05) is 18.2 Å². The number of fused-ring (bicyclic) bond motifs is 1. The molecule has 0 aliphatic rings. The lowest BCUT2D eigenvalue weighted by atomic mass is 9.99. The lowest BCUT2D eigenvalue weighted by Gasteiger charge is -2.07. The van der Waals surface area contributed by atoms with Gasteiger partial charge >= 0.3 is 0 Å². The Morgan fingerprint density at radius 3 is 2.50 bits per heavy atom. The van der Waals surface area contributed by atoms with Crippen molar-refractivity contribution in [2.75, 3.05) is 0 Å². The van der Waals surface area contributed by atoms with Crippen LogP contribution >= 0.6 is 0 Å². The Morgan fingerprint density at radius 2 is 1.75 bits per heavy atom. The molecule has 0 aliphatic carbocycles. The van der Waals surface area contributed by atoms with Gasteiger partial charge in [0.05, 0.1) is 11.2 Å². The highest BCUT2D eigenvalue weighted by Crippen LogP contribution is 2.21. The van der Waals surface area contributed by atoms with Crippen LogP contribution in [-0.2, 0) is 0 Å². The maximum atomic E-state index is 12.6. The van der Waals surface area contributed by atoms with Gasteiger partial charge in [-0.15, -0.1) is 0 Å². The molecule has 1 heterocycles. The number of rotatable bonds is 2. The Kier molecular flexibility index (Phi) is 2.95. The summed E-state index contributed by atoms with van der Waals surface area (Å²) in [7, 11) is 0. The van der Waals surface area contributed by atoms with E-state index in [0.29, 0.717) is 16.8 Å². The molecule has 3 nitrogen and oxygen atoms in total. The molecule has 0 atom stereocenters. The number of nitrogens with zero attached hydrogens (tertiary/aromatic N) is 1. The summed E-state index contributed by atoms with van der Waals surface area (Å²) in [6.45, 7) is 1.89. The zero-order valence-corrected chi connectivity index (χ0v) is 11.1. The van der Waals surface area contributed by atoms with Crippen molar-refractivity contribution < 1.29 is 4.79 Å². The van der Waals surface area contributed by atoms with Gasteiger partial charge in [-0.05, 0) is 43.3 Å². The van der Waals surface area contributed by atoms with E-state index in [4.69, 9.17) is 5.73 Å². The zero-order chi connectivity index (χ0) is 14.1. The van der Waals surface area contributed by atoms with Crippen LogP contribution in [0.4, 0.5) is 5.69 Å². The molecule has 97 valence electrons. The smallest absolute Gasteiger partial charge is 0.193 e. The van der Waals surface area contributed by atoms with Crippen LogP contribution in [0, 0.1) is 6.92 Å². The molecule has 3 heteroatoms. The Hall–Kier alpha value is -2.68. The van der Waals surface area contributed by atoms with Gasteiger partial charge in [-0.3, -0.25) is 9.78 Å². The lowest BCUT2D eigenvalue weighted by molar-refractivity contribution is 0.104. The Bertz CT molecular complexity index is 792. The van der Waals surface area contributed by atoms with E-state index in [1.165, 1.54) is 0 Å². The molecule has 3 rings (SSSR count). The fourth-order valence-electron chi connectivity index (χ4n) is 2.27. The normalized spacial score (nSPS) is 10.7. The summed E-state index contributed by atoms with van der Waals surface area (Å²) in [6, 6.07) is 16.1. The first-order chi connectivity index (χ1) is 9.65. The summed E-state index contributed by atoms with van der Waals surface area (Å²) in [4.78, 5) is 17.1. The molecule has 2 aromatic carbocycles. The first-order valence-corrected chi connectivity index (χ1v) is 6.38. The molecule has 3 aromatic rings. The summed E-state index contributed by atoms with van der Waals surface area (Å²) in [6.07, 6.45) is 0. The van der Waals surface area contributed by atoms with E-state index in [-0.39, 0.29) is 5.78 Å². The van der Waals surface area contributed by atoms with E-state index in [1.54, 1.807) is 24.3 Å². The van der Waals surface area contributed by atoms with Crippen molar-refractivity contribution in [3.8, 4) is 0 Å². The Morgan fingerprint density at radius 1 is 1.05 bits per heavy atom. The number of aryl methyl sites for hydroxylation is 1. The molecule has 1 N–H and O–H groups in total. The van der Waals surface area contributed by atoms with E-state index in [0.717, 1.165) is 16.6 Å². The number of carbonyl (C=O) groups is 1. The van der Waals surface area contributed by atoms with Crippen molar-refractivity contribution in [3.05, 3.63) is 71.4 Å². The van der Waals surface area contributed by atoms with Crippen molar-refractivity contribution in [2.24, 2.45) is 0 Å². The largest absolute Gasteiger partial charge is 0.301 e. The second kappa shape index (κ2) is 4.78. The van der Waals surface area contributed by atoms with Gasteiger partial charge in [0.2, 0.25) is 0 Å². The topological polar surface area (TPSA) is 53.8 Å². The molecule has 0 saturated heterocycles. The summed E-state index contributed by atoms with van der Waals surface area (Å²) >= 11 is 0. The first kappa shape index (κ1) is 12.4. The third kappa shape index (κ3) is 2.14. The summed E-state index contributed by atoms with van der Waals surface area (Å²) in [5.41, 5.74) is 10.8. The molecule has 0 fully saturated rings.